The topological polar surface area (TPSA) is 20.6 Å². The molecule has 0 aliphatic carbocycles. The van der Waals surface area contributed by atoms with Crippen molar-refractivity contribution in [1.82, 2.24) is 4.98 Å². The van der Waals surface area contributed by atoms with E-state index >= 15 is 0 Å². The fraction of sp³-hybridized carbons (Fsp3) is 0.389. The fourth-order valence-corrected chi connectivity index (χ4v) is 4.64. The highest BCUT2D eigenvalue weighted by Crippen LogP contribution is 2.46. The SMILES string of the molecule is CC(CN1c2ccccc2Sc2cccnc21)[NH+]1CCCC1.[Cl-]. The van der Waals surface area contributed by atoms with E-state index in [4.69, 9.17) is 0 Å². The smallest absolute Gasteiger partial charge is 0.147 e. The van der Waals surface area contributed by atoms with Gasteiger partial charge < -0.3 is 22.2 Å². The molecule has 1 saturated heterocycles. The van der Waals surface area contributed by atoms with Gasteiger partial charge in [-0.05, 0) is 31.2 Å². The van der Waals surface area contributed by atoms with Crippen LogP contribution in [0.2, 0.25) is 0 Å². The molecular formula is C18H22ClN3S. The minimum absolute atomic E-state index is 0. The van der Waals surface area contributed by atoms with Crippen molar-refractivity contribution in [2.45, 2.75) is 35.6 Å². The summed E-state index contributed by atoms with van der Waals surface area (Å²) < 4.78 is 0. The molecule has 3 nitrogen and oxygen atoms in total. The van der Waals surface area contributed by atoms with Crippen LogP contribution in [0.4, 0.5) is 11.5 Å². The molecule has 1 aromatic heterocycles. The molecule has 0 saturated carbocycles. The lowest BCUT2D eigenvalue weighted by Gasteiger charge is -2.34. The van der Waals surface area contributed by atoms with Crippen LogP contribution in [0.3, 0.4) is 0 Å². The van der Waals surface area contributed by atoms with E-state index in [1.54, 1.807) is 4.90 Å². The zero-order valence-corrected chi connectivity index (χ0v) is 14.9. The largest absolute Gasteiger partial charge is 1.00 e. The van der Waals surface area contributed by atoms with Crippen LogP contribution < -0.4 is 22.2 Å². The van der Waals surface area contributed by atoms with Gasteiger partial charge in [-0.25, -0.2) is 4.98 Å². The highest BCUT2D eigenvalue weighted by Gasteiger charge is 2.29. The van der Waals surface area contributed by atoms with Gasteiger partial charge in [0.1, 0.15) is 11.9 Å². The lowest BCUT2D eigenvalue weighted by molar-refractivity contribution is -0.909. The first-order valence-corrected chi connectivity index (χ1v) is 8.98. The summed E-state index contributed by atoms with van der Waals surface area (Å²) in [4.78, 5) is 11.5. The van der Waals surface area contributed by atoms with Crippen molar-refractivity contribution < 1.29 is 17.3 Å². The summed E-state index contributed by atoms with van der Waals surface area (Å²) in [7, 11) is 0. The maximum absolute atomic E-state index is 4.68. The van der Waals surface area contributed by atoms with Gasteiger partial charge >= 0.3 is 0 Å². The Morgan fingerprint density at radius 2 is 1.87 bits per heavy atom. The number of nitrogens with zero attached hydrogens (tertiary/aromatic N) is 2. The van der Waals surface area contributed by atoms with Gasteiger partial charge in [-0.15, -0.1) is 0 Å². The van der Waals surface area contributed by atoms with Gasteiger partial charge in [0.25, 0.3) is 0 Å². The average molecular weight is 348 g/mol. The highest BCUT2D eigenvalue weighted by atomic mass is 35.5. The number of likely N-dealkylation sites (tertiary alicyclic amines) is 1. The number of hydrogen-bond donors (Lipinski definition) is 1. The molecule has 1 N–H and O–H groups in total. The third kappa shape index (κ3) is 3.21. The molecule has 122 valence electrons. The number of pyridine rings is 1. The molecule has 0 amide bonds. The standard InChI is InChI=1S/C18H21N3S.ClH/c1-14(20-11-4-5-12-20)13-21-15-7-2-3-8-16(15)22-17-9-6-10-19-18(17)21;/h2-3,6-10,14H,4-5,11-13H2,1H3;1H. The fourth-order valence-electron chi connectivity index (χ4n) is 3.57. The summed E-state index contributed by atoms with van der Waals surface area (Å²) in [5, 5.41) is 0. The van der Waals surface area contributed by atoms with Gasteiger partial charge in [-0.2, -0.15) is 0 Å². The Balaban J connectivity index is 0.00000156. The van der Waals surface area contributed by atoms with Gasteiger partial charge in [0.05, 0.1) is 30.2 Å². The van der Waals surface area contributed by atoms with Gasteiger partial charge in [-0.1, -0.05) is 23.9 Å². The van der Waals surface area contributed by atoms with Crippen molar-refractivity contribution in [1.29, 1.82) is 0 Å². The second kappa shape index (κ2) is 7.12. The second-order valence-electron chi connectivity index (χ2n) is 6.27. The van der Waals surface area contributed by atoms with Crippen molar-refractivity contribution in [2.75, 3.05) is 24.5 Å². The van der Waals surface area contributed by atoms with E-state index < -0.39 is 0 Å². The average Bonchev–Trinajstić information content (AvgIpc) is 3.09. The van der Waals surface area contributed by atoms with Crippen molar-refractivity contribution >= 4 is 23.3 Å². The van der Waals surface area contributed by atoms with E-state index in [0.717, 1.165) is 12.4 Å². The first-order valence-electron chi connectivity index (χ1n) is 8.17. The third-order valence-corrected chi connectivity index (χ3v) is 5.89. The van der Waals surface area contributed by atoms with Gasteiger partial charge in [0.15, 0.2) is 0 Å². The Hall–Kier alpha value is -1.23. The number of halogens is 1. The minimum atomic E-state index is 0. The number of hydrogen-bond acceptors (Lipinski definition) is 3. The number of quaternary nitrogens is 1. The van der Waals surface area contributed by atoms with Crippen molar-refractivity contribution in [3.8, 4) is 0 Å². The second-order valence-corrected chi connectivity index (χ2v) is 7.36. The van der Waals surface area contributed by atoms with Crippen molar-refractivity contribution in [2.24, 2.45) is 0 Å². The molecule has 0 bridgehead atoms. The molecule has 3 heterocycles. The molecule has 0 radical (unpaired) electrons. The van der Waals surface area contributed by atoms with E-state index in [2.05, 4.69) is 47.1 Å². The van der Waals surface area contributed by atoms with Crippen LogP contribution in [0.25, 0.3) is 0 Å². The Bertz CT molecular complexity index is 627. The number of nitrogens with one attached hydrogen (secondary N) is 1. The van der Waals surface area contributed by atoms with Crippen molar-refractivity contribution in [3.63, 3.8) is 0 Å². The Morgan fingerprint density at radius 1 is 1.13 bits per heavy atom. The third-order valence-electron chi connectivity index (χ3n) is 4.78. The van der Waals surface area contributed by atoms with Crippen LogP contribution in [0.1, 0.15) is 19.8 Å². The molecule has 2 aliphatic heterocycles. The quantitative estimate of drug-likeness (QED) is 0.827. The summed E-state index contributed by atoms with van der Waals surface area (Å²) in [6.45, 7) is 6.06. The molecule has 1 aromatic carbocycles. The number of para-hydroxylation sites is 1. The maximum Gasteiger partial charge on any atom is 0.147 e. The van der Waals surface area contributed by atoms with Gasteiger partial charge in [-0.3, -0.25) is 0 Å². The van der Waals surface area contributed by atoms with Crippen LogP contribution in [-0.2, 0) is 0 Å². The van der Waals surface area contributed by atoms with Crippen LogP contribution in [0.15, 0.2) is 52.4 Å². The van der Waals surface area contributed by atoms with E-state index in [-0.39, 0.29) is 12.4 Å². The number of anilines is 2. The number of fused-ring (bicyclic) bond motifs is 2. The van der Waals surface area contributed by atoms with Crippen LogP contribution in [0.5, 0.6) is 0 Å². The lowest BCUT2D eigenvalue weighted by Crippen LogP contribution is -3.14. The van der Waals surface area contributed by atoms with Gasteiger partial charge in [0.2, 0.25) is 0 Å². The van der Waals surface area contributed by atoms with E-state index in [1.165, 1.54) is 41.4 Å². The number of benzene rings is 1. The van der Waals surface area contributed by atoms with Crippen molar-refractivity contribution in [3.05, 3.63) is 42.6 Å². The van der Waals surface area contributed by atoms with Crippen LogP contribution in [0, 0.1) is 0 Å². The molecular weight excluding hydrogens is 326 g/mol. The molecule has 1 unspecified atom stereocenters. The number of rotatable bonds is 3. The van der Waals surface area contributed by atoms with Crippen LogP contribution >= 0.6 is 11.8 Å². The molecule has 23 heavy (non-hydrogen) atoms. The molecule has 2 aliphatic rings. The normalized spacial score (nSPS) is 18.0. The first-order chi connectivity index (χ1) is 10.8. The molecule has 4 rings (SSSR count). The predicted octanol–water partition coefficient (Wildman–Crippen LogP) is -0.244. The minimum Gasteiger partial charge on any atom is -1.00 e. The van der Waals surface area contributed by atoms with Crippen LogP contribution in [-0.4, -0.2) is 30.7 Å². The molecule has 0 spiro atoms. The predicted molar refractivity (Wildman–Crippen MR) is 91.2 cm³/mol. The molecule has 2 aromatic rings. The van der Waals surface area contributed by atoms with E-state index in [1.807, 2.05) is 24.0 Å². The Kier molecular flexibility index (Phi) is 5.14. The molecule has 1 fully saturated rings. The molecule has 5 heteroatoms. The number of aromatic nitrogens is 1. The summed E-state index contributed by atoms with van der Waals surface area (Å²) in [6, 6.07) is 13.6. The lowest BCUT2D eigenvalue weighted by atomic mass is 10.2. The monoisotopic (exact) mass is 347 g/mol. The Morgan fingerprint density at radius 3 is 2.70 bits per heavy atom. The zero-order chi connectivity index (χ0) is 14.9. The molecule has 1 atom stereocenters. The summed E-state index contributed by atoms with van der Waals surface area (Å²) in [5.41, 5.74) is 1.31. The summed E-state index contributed by atoms with van der Waals surface area (Å²) >= 11 is 1.83. The Labute approximate surface area is 148 Å². The highest BCUT2D eigenvalue weighted by molar-refractivity contribution is 7.99. The summed E-state index contributed by atoms with van der Waals surface area (Å²) in [5.74, 6) is 1.12. The summed E-state index contributed by atoms with van der Waals surface area (Å²) in [6.07, 6.45) is 4.66. The zero-order valence-electron chi connectivity index (χ0n) is 13.3. The van der Waals surface area contributed by atoms with Gasteiger partial charge in [0, 0.05) is 23.9 Å². The first kappa shape index (κ1) is 16.6. The maximum atomic E-state index is 4.68. The van der Waals surface area contributed by atoms with E-state index in [0.29, 0.717) is 6.04 Å². The van der Waals surface area contributed by atoms with E-state index in [9.17, 15) is 0 Å².